The Bertz CT molecular complexity index is 950. The fraction of sp³-hybridized carbons (Fsp3) is 0.300. The van der Waals surface area contributed by atoms with Crippen molar-refractivity contribution in [3.8, 4) is 17.0 Å². The fourth-order valence-electron chi connectivity index (χ4n) is 3.24. The van der Waals surface area contributed by atoms with Gasteiger partial charge in [-0.3, -0.25) is 0 Å². The van der Waals surface area contributed by atoms with Gasteiger partial charge in [-0.2, -0.15) is 13.2 Å². The molecule has 0 unspecified atom stereocenters. The summed E-state index contributed by atoms with van der Waals surface area (Å²) in [5.74, 6) is 0.654. The zero-order valence-corrected chi connectivity index (χ0v) is 16.4. The van der Waals surface area contributed by atoms with Gasteiger partial charge in [-0.05, 0) is 67.8 Å². The molecule has 27 heavy (non-hydrogen) atoms. The molecule has 0 saturated heterocycles. The van der Waals surface area contributed by atoms with E-state index in [1.54, 1.807) is 7.11 Å². The van der Waals surface area contributed by atoms with E-state index in [0.29, 0.717) is 29.6 Å². The number of nitrogens with one attached hydrogen (secondary N) is 1. The molecule has 0 amide bonds. The summed E-state index contributed by atoms with van der Waals surface area (Å²) in [5.41, 5.74) is 8.04. The predicted octanol–water partition coefficient (Wildman–Crippen LogP) is 5.91. The second-order valence-corrected chi connectivity index (χ2v) is 7.24. The van der Waals surface area contributed by atoms with Crippen LogP contribution in [0, 0.1) is 0 Å². The molecule has 0 bridgehead atoms. The minimum atomic E-state index is -4.38. The van der Waals surface area contributed by atoms with E-state index in [4.69, 9.17) is 10.5 Å². The molecule has 3 N–H and O–H groups in total. The van der Waals surface area contributed by atoms with E-state index in [9.17, 15) is 13.2 Å². The van der Waals surface area contributed by atoms with Gasteiger partial charge in [-0.15, -0.1) is 0 Å². The number of aryl methyl sites for hydroxylation is 1. The van der Waals surface area contributed by atoms with Gasteiger partial charge < -0.3 is 15.5 Å². The highest BCUT2D eigenvalue weighted by Crippen LogP contribution is 2.40. The summed E-state index contributed by atoms with van der Waals surface area (Å²) in [4.78, 5) is 3.29. The third-order valence-electron chi connectivity index (χ3n) is 4.55. The van der Waals surface area contributed by atoms with Crippen molar-refractivity contribution >= 4 is 26.8 Å². The number of hydrogen-bond acceptors (Lipinski definition) is 2. The molecule has 0 spiro atoms. The summed E-state index contributed by atoms with van der Waals surface area (Å²) in [6.07, 6.45) is -2.15. The Labute approximate surface area is 163 Å². The Hall–Kier alpha value is -1.99. The van der Waals surface area contributed by atoms with Crippen LogP contribution in [0.15, 0.2) is 40.9 Å². The SMILES string of the molecule is COc1ccc(Br)cc1-c1[nH]c2ccc(C(F)(F)F)cc2c1CCCCN. The van der Waals surface area contributed by atoms with Crippen molar-refractivity contribution in [2.24, 2.45) is 5.73 Å². The van der Waals surface area contributed by atoms with Gasteiger partial charge in [-0.25, -0.2) is 0 Å². The molecule has 7 heteroatoms. The van der Waals surface area contributed by atoms with E-state index in [2.05, 4.69) is 20.9 Å². The predicted molar refractivity (Wildman–Crippen MR) is 105 cm³/mol. The molecule has 3 aromatic rings. The third kappa shape index (κ3) is 4.14. The van der Waals surface area contributed by atoms with Gasteiger partial charge in [0.1, 0.15) is 5.75 Å². The van der Waals surface area contributed by atoms with Gasteiger partial charge in [0, 0.05) is 20.9 Å². The van der Waals surface area contributed by atoms with E-state index >= 15 is 0 Å². The largest absolute Gasteiger partial charge is 0.496 e. The Kier molecular flexibility index (Phi) is 5.81. The quantitative estimate of drug-likeness (QED) is 0.468. The van der Waals surface area contributed by atoms with Gasteiger partial charge >= 0.3 is 6.18 Å². The zero-order valence-electron chi connectivity index (χ0n) is 14.8. The maximum atomic E-state index is 13.2. The van der Waals surface area contributed by atoms with Crippen molar-refractivity contribution < 1.29 is 17.9 Å². The molecule has 3 rings (SSSR count). The highest BCUT2D eigenvalue weighted by molar-refractivity contribution is 9.10. The van der Waals surface area contributed by atoms with Crippen LogP contribution >= 0.6 is 15.9 Å². The van der Waals surface area contributed by atoms with E-state index in [1.165, 1.54) is 12.1 Å². The molecule has 1 heterocycles. The molecule has 2 aromatic carbocycles. The van der Waals surface area contributed by atoms with E-state index in [1.807, 2.05) is 18.2 Å². The first-order valence-electron chi connectivity index (χ1n) is 8.61. The lowest BCUT2D eigenvalue weighted by atomic mass is 9.98. The average molecular weight is 441 g/mol. The third-order valence-corrected chi connectivity index (χ3v) is 5.04. The Morgan fingerprint density at radius 3 is 2.56 bits per heavy atom. The van der Waals surface area contributed by atoms with Crippen molar-refractivity contribution in [2.45, 2.75) is 25.4 Å². The summed E-state index contributed by atoms with van der Waals surface area (Å²) in [7, 11) is 1.57. The maximum absolute atomic E-state index is 13.2. The Balaban J connectivity index is 2.22. The number of halogens is 4. The van der Waals surface area contributed by atoms with Crippen molar-refractivity contribution in [2.75, 3.05) is 13.7 Å². The number of aromatic amines is 1. The molecule has 144 valence electrons. The van der Waals surface area contributed by atoms with Crippen LogP contribution in [0.3, 0.4) is 0 Å². The number of hydrogen-bond donors (Lipinski definition) is 2. The van der Waals surface area contributed by atoms with Gasteiger partial charge in [0.05, 0.1) is 18.4 Å². The van der Waals surface area contributed by atoms with Crippen molar-refractivity contribution in [1.82, 2.24) is 4.98 Å². The fourth-order valence-corrected chi connectivity index (χ4v) is 3.60. The van der Waals surface area contributed by atoms with Gasteiger partial charge in [0.15, 0.2) is 0 Å². The topological polar surface area (TPSA) is 51.0 Å². The van der Waals surface area contributed by atoms with E-state index in [-0.39, 0.29) is 0 Å². The van der Waals surface area contributed by atoms with Crippen molar-refractivity contribution in [3.05, 3.63) is 52.0 Å². The van der Waals surface area contributed by atoms with E-state index in [0.717, 1.165) is 40.2 Å². The molecule has 0 aliphatic heterocycles. The summed E-state index contributed by atoms with van der Waals surface area (Å²) in [5, 5.41) is 0.582. The van der Waals surface area contributed by atoms with Crippen LogP contribution in [-0.4, -0.2) is 18.6 Å². The van der Waals surface area contributed by atoms with Crippen LogP contribution in [0.25, 0.3) is 22.2 Å². The Morgan fingerprint density at radius 2 is 1.89 bits per heavy atom. The van der Waals surface area contributed by atoms with Crippen LogP contribution in [-0.2, 0) is 12.6 Å². The summed E-state index contributed by atoms with van der Waals surface area (Å²) in [6, 6.07) is 9.40. The molecule has 0 radical (unpaired) electrons. The summed E-state index contributed by atoms with van der Waals surface area (Å²) >= 11 is 3.46. The lowest BCUT2D eigenvalue weighted by Crippen LogP contribution is -2.04. The first kappa shape index (κ1) is 19.8. The smallest absolute Gasteiger partial charge is 0.416 e. The normalized spacial score (nSPS) is 11.9. The van der Waals surface area contributed by atoms with Crippen LogP contribution in [0.5, 0.6) is 5.75 Å². The molecule has 0 saturated carbocycles. The van der Waals surface area contributed by atoms with Gasteiger partial charge in [0.2, 0.25) is 0 Å². The molecule has 0 aliphatic carbocycles. The minimum Gasteiger partial charge on any atom is -0.496 e. The van der Waals surface area contributed by atoms with Crippen molar-refractivity contribution in [3.63, 3.8) is 0 Å². The molecule has 0 atom stereocenters. The number of alkyl halides is 3. The molecule has 1 aromatic heterocycles. The van der Waals surface area contributed by atoms with Crippen LogP contribution in [0.1, 0.15) is 24.0 Å². The molecular weight excluding hydrogens is 421 g/mol. The van der Waals surface area contributed by atoms with Crippen molar-refractivity contribution in [1.29, 1.82) is 0 Å². The van der Waals surface area contributed by atoms with Crippen LogP contribution in [0.2, 0.25) is 0 Å². The number of H-pyrrole nitrogens is 1. The standard InChI is InChI=1S/C20H20BrF3N2O/c1-27-18-8-6-13(21)11-16(18)19-14(4-2-3-9-25)15-10-12(20(22,23)24)5-7-17(15)26-19/h5-8,10-11,26H,2-4,9,25H2,1H3. The van der Waals surface area contributed by atoms with E-state index < -0.39 is 11.7 Å². The number of fused-ring (bicyclic) bond motifs is 1. The second-order valence-electron chi connectivity index (χ2n) is 6.33. The maximum Gasteiger partial charge on any atom is 0.416 e. The molecule has 0 aliphatic rings. The average Bonchev–Trinajstić information content (AvgIpc) is 2.99. The molecular formula is C20H20BrF3N2O. The lowest BCUT2D eigenvalue weighted by Gasteiger charge is -2.11. The first-order valence-corrected chi connectivity index (χ1v) is 9.40. The number of unbranched alkanes of at least 4 members (excludes halogenated alkanes) is 1. The number of rotatable bonds is 6. The highest BCUT2D eigenvalue weighted by atomic mass is 79.9. The molecule has 0 fully saturated rings. The Morgan fingerprint density at radius 1 is 1.11 bits per heavy atom. The first-order chi connectivity index (χ1) is 12.8. The van der Waals surface area contributed by atoms with Gasteiger partial charge in [-0.1, -0.05) is 15.9 Å². The number of ether oxygens (including phenoxy) is 1. The number of nitrogens with two attached hydrogens (primary N) is 1. The van der Waals surface area contributed by atoms with Gasteiger partial charge in [0.25, 0.3) is 0 Å². The minimum absolute atomic E-state index is 0.547. The molecule has 3 nitrogen and oxygen atoms in total. The lowest BCUT2D eigenvalue weighted by molar-refractivity contribution is -0.137. The number of methoxy groups -OCH3 is 1. The zero-order chi connectivity index (χ0) is 19.6. The summed E-state index contributed by atoms with van der Waals surface area (Å²) in [6.45, 7) is 0.547. The van der Waals surface area contributed by atoms with Crippen LogP contribution < -0.4 is 10.5 Å². The number of aromatic nitrogens is 1. The monoisotopic (exact) mass is 440 g/mol. The second kappa shape index (κ2) is 7.94. The summed E-state index contributed by atoms with van der Waals surface area (Å²) < 4.78 is 45.9. The van der Waals surface area contributed by atoms with Crippen LogP contribution in [0.4, 0.5) is 13.2 Å². The number of benzene rings is 2. The highest BCUT2D eigenvalue weighted by Gasteiger charge is 2.31.